The van der Waals surface area contributed by atoms with Crippen molar-refractivity contribution in [2.24, 2.45) is 0 Å². The lowest BCUT2D eigenvalue weighted by Gasteiger charge is -2.15. The maximum atomic E-state index is 12.1. The molecule has 0 aliphatic carbocycles. The Morgan fingerprint density at radius 3 is 2.74 bits per heavy atom. The first-order valence-corrected chi connectivity index (χ1v) is 6.88. The molecule has 19 heavy (non-hydrogen) atoms. The summed E-state index contributed by atoms with van der Waals surface area (Å²) >= 11 is 0. The van der Waals surface area contributed by atoms with Crippen LogP contribution < -0.4 is 10.6 Å². The Kier molecular flexibility index (Phi) is 4.55. The van der Waals surface area contributed by atoms with E-state index in [0.717, 1.165) is 19.3 Å². The highest BCUT2D eigenvalue weighted by Crippen LogP contribution is 2.08. The molecule has 1 fully saturated rings. The highest BCUT2D eigenvalue weighted by Gasteiger charge is 2.22. The second-order valence-electron chi connectivity index (χ2n) is 4.86. The number of carbonyl (C=O) groups excluding carboxylic acids is 2. The van der Waals surface area contributed by atoms with Gasteiger partial charge < -0.3 is 10.6 Å². The van der Waals surface area contributed by atoms with Gasteiger partial charge >= 0.3 is 0 Å². The van der Waals surface area contributed by atoms with E-state index in [1.165, 1.54) is 5.56 Å². The minimum Gasteiger partial charge on any atom is -0.354 e. The third-order valence-electron chi connectivity index (χ3n) is 3.46. The van der Waals surface area contributed by atoms with Gasteiger partial charge in [0.15, 0.2) is 0 Å². The molecular weight excluding hydrogens is 240 g/mol. The maximum Gasteiger partial charge on any atom is 0.251 e. The summed E-state index contributed by atoms with van der Waals surface area (Å²) in [6, 6.07) is 7.11. The van der Waals surface area contributed by atoms with Crippen molar-refractivity contribution >= 4 is 11.8 Å². The van der Waals surface area contributed by atoms with Crippen molar-refractivity contribution in [1.82, 2.24) is 10.6 Å². The van der Waals surface area contributed by atoms with Gasteiger partial charge in [0.25, 0.3) is 5.91 Å². The van der Waals surface area contributed by atoms with Gasteiger partial charge in [0, 0.05) is 12.1 Å². The molecule has 1 aromatic rings. The molecule has 0 unspecified atom stereocenters. The van der Waals surface area contributed by atoms with Gasteiger partial charge in [-0.3, -0.25) is 9.59 Å². The summed E-state index contributed by atoms with van der Waals surface area (Å²) in [5.74, 6) is -0.249. The predicted molar refractivity (Wildman–Crippen MR) is 73.9 cm³/mol. The van der Waals surface area contributed by atoms with Crippen LogP contribution in [0.1, 0.15) is 42.1 Å². The quantitative estimate of drug-likeness (QED) is 0.868. The van der Waals surface area contributed by atoms with Gasteiger partial charge in [-0.05, 0) is 43.4 Å². The van der Waals surface area contributed by atoms with Crippen LogP contribution in [0.3, 0.4) is 0 Å². The van der Waals surface area contributed by atoms with Crippen LogP contribution in [0.25, 0.3) is 0 Å². The van der Waals surface area contributed by atoms with Crippen molar-refractivity contribution in [3.8, 4) is 0 Å². The Hall–Kier alpha value is -1.84. The molecule has 102 valence electrons. The van der Waals surface area contributed by atoms with Gasteiger partial charge in [0.05, 0.1) is 0 Å². The Balaban J connectivity index is 2.00. The smallest absolute Gasteiger partial charge is 0.251 e. The van der Waals surface area contributed by atoms with Gasteiger partial charge in [0.1, 0.15) is 6.04 Å². The summed E-state index contributed by atoms with van der Waals surface area (Å²) in [5.41, 5.74) is 1.80. The van der Waals surface area contributed by atoms with Crippen molar-refractivity contribution in [2.75, 3.05) is 6.54 Å². The van der Waals surface area contributed by atoms with Crippen molar-refractivity contribution in [2.45, 2.75) is 38.6 Å². The third kappa shape index (κ3) is 3.56. The summed E-state index contributed by atoms with van der Waals surface area (Å²) in [7, 11) is 0. The van der Waals surface area contributed by atoms with Crippen LogP contribution in [0.15, 0.2) is 24.3 Å². The van der Waals surface area contributed by atoms with Crippen LogP contribution in [-0.2, 0) is 11.2 Å². The van der Waals surface area contributed by atoms with Crippen LogP contribution in [0.4, 0.5) is 0 Å². The molecule has 2 rings (SSSR count). The lowest BCUT2D eigenvalue weighted by molar-refractivity contribution is -0.122. The zero-order valence-corrected chi connectivity index (χ0v) is 11.2. The predicted octanol–water partition coefficient (Wildman–Crippen LogP) is 1.65. The first kappa shape index (κ1) is 13.6. The van der Waals surface area contributed by atoms with Crippen LogP contribution in [0, 0.1) is 0 Å². The van der Waals surface area contributed by atoms with Crippen molar-refractivity contribution < 1.29 is 9.59 Å². The first-order chi connectivity index (χ1) is 9.20. The summed E-state index contributed by atoms with van der Waals surface area (Å²) in [6.07, 6.45) is 3.60. The number of benzene rings is 1. The molecule has 4 heteroatoms. The molecule has 1 aromatic carbocycles. The molecule has 1 saturated heterocycles. The average molecular weight is 260 g/mol. The molecule has 4 nitrogen and oxygen atoms in total. The number of hydrogen-bond donors (Lipinski definition) is 2. The molecular formula is C15H20N2O2. The number of carbonyl (C=O) groups is 2. The van der Waals surface area contributed by atoms with E-state index in [4.69, 9.17) is 0 Å². The molecule has 0 aromatic heterocycles. The first-order valence-electron chi connectivity index (χ1n) is 6.88. The SMILES string of the molecule is CCc1ccc(C(=O)N[C@H]2CCCCNC2=O)cc1. The largest absolute Gasteiger partial charge is 0.354 e. The molecule has 0 spiro atoms. The van der Waals surface area contributed by atoms with E-state index in [1.54, 1.807) is 0 Å². The van der Waals surface area contributed by atoms with E-state index in [2.05, 4.69) is 17.6 Å². The van der Waals surface area contributed by atoms with Gasteiger partial charge in [-0.2, -0.15) is 0 Å². The van der Waals surface area contributed by atoms with E-state index in [-0.39, 0.29) is 11.8 Å². The Labute approximate surface area is 113 Å². The second kappa shape index (κ2) is 6.36. The standard InChI is InChI=1S/C15H20N2O2/c1-2-11-6-8-12(9-7-11)14(18)17-13-5-3-4-10-16-15(13)19/h6-9,13H,2-5,10H2,1H3,(H,16,19)(H,17,18)/t13-/m0/s1. The van der Waals surface area contributed by atoms with Crippen LogP contribution >= 0.6 is 0 Å². The summed E-state index contributed by atoms with van der Waals surface area (Å²) < 4.78 is 0. The fraction of sp³-hybridized carbons (Fsp3) is 0.467. The monoisotopic (exact) mass is 260 g/mol. The maximum absolute atomic E-state index is 12.1. The third-order valence-corrected chi connectivity index (χ3v) is 3.46. The average Bonchev–Trinajstić information content (AvgIpc) is 2.64. The lowest BCUT2D eigenvalue weighted by Crippen LogP contribution is -2.45. The number of hydrogen-bond acceptors (Lipinski definition) is 2. The molecule has 2 amide bonds. The molecule has 1 aliphatic rings. The minimum absolute atomic E-state index is 0.0731. The lowest BCUT2D eigenvalue weighted by atomic mass is 10.1. The number of nitrogens with one attached hydrogen (secondary N) is 2. The normalized spacial score (nSPS) is 19.4. The van der Waals surface area contributed by atoms with E-state index in [0.29, 0.717) is 18.5 Å². The molecule has 0 saturated carbocycles. The Morgan fingerprint density at radius 1 is 1.32 bits per heavy atom. The molecule has 0 radical (unpaired) electrons. The molecule has 2 N–H and O–H groups in total. The van der Waals surface area contributed by atoms with Crippen molar-refractivity contribution in [1.29, 1.82) is 0 Å². The highest BCUT2D eigenvalue weighted by atomic mass is 16.2. The summed E-state index contributed by atoms with van der Waals surface area (Å²) in [4.78, 5) is 23.8. The Morgan fingerprint density at radius 2 is 2.05 bits per heavy atom. The molecule has 0 bridgehead atoms. The fourth-order valence-electron chi connectivity index (χ4n) is 2.21. The molecule has 1 aliphatic heterocycles. The Bertz CT molecular complexity index is 454. The van der Waals surface area contributed by atoms with Gasteiger partial charge in [-0.15, -0.1) is 0 Å². The van der Waals surface area contributed by atoms with Gasteiger partial charge in [0.2, 0.25) is 5.91 Å². The van der Waals surface area contributed by atoms with Gasteiger partial charge in [-0.25, -0.2) is 0 Å². The van der Waals surface area contributed by atoms with Crippen molar-refractivity contribution in [3.05, 3.63) is 35.4 Å². The van der Waals surface area contributed by atoms with Crippen molar-refractivity contribution in [3.63, 3.8) is 0 Å². The number of rotatable bonds is 3. The fourth-order valence-corrected chi connectivity index (χ4v) is 2.21. The molecule has 1 atom stereocenters. The number of aryl methyl sites for hydroxylation is 1. The topological polar surface area (TPSA) is 58.2 Å². The van der Waals surface area contributed by atoms with Crippen LogP contribution in [-0.4, -0.2) is 24.4 Å². The second-order valence-corrected chi connectivity index (χ2v) is 4.86. The van der Waals surface area contributed by atoms with E-state index >= 15 is 0 Å². The van der Waals surface area contributed by atoms with E-state index in [1.807, 2.05) is 24.3 Å². The molecule has 1 heterocycles. The summed E-state index contributed by atoms with van der Waals surface area (Å²) in [6.45, 7) is 2.78. The highest BCUT2D eigenvalue weighted by molar-refractivity contribution is 5.97. The van der Waals surface area contributed by atoms with Gasteiger partial charge in [-0.1, -0.05) is 19.1 Å². The van der Waals surface area contributed by atoms with E-state index < -0.39 is 6.04 Å². The minimum atomic E-state index is -0.402. The summed E-state index contributed by atoms with van der Waals surface area (Å²) in [5, 5.41) is 5.63. The number of amides is 2. The van der Waals surface area contributed by atoms with Crippen LogP contribution in [0.5, 0.6) is 0 Å². The van der Waals surface area contributed by atoms with Crippen LogP contribution in [0.2, 0.25) is 0 Å². The zero-order valence-electron chi connectivity index (χ0n) is 11.2. The zero-order chi connectivity index (χ0) is 13.7. The van der Waals surface area contributed by atoms with E-state index in [9.17, 15) is 9.59 Å².